The van der Waals surface area contributed by atoms with Crippen LogP contribution in [0, 0.1) is 0 Å². The van der Waals surface area contributed by atoms with Crippen LogP contribution in [-0.2, 0) is 11.3 Å². The van der Waals surface area contributed by atoms with Crippen LogP contribution in [0.3, 0.4) is 0 Å². The molecule has 1 unspecified atom stereocenters. The van der Waals surface area contributed by atoms with E-state index in [-0.39, 0.29) is 6.54 Å². The normalized spacial score (nSPS) is 17.3. The van der Waals surface area contributed by atoms with E-state index >= 15 is 0 Å². The molecule has 0 saturated heterocycles. The van der Waals surface area contributed by atoms with Gasteiger partial charge in [-0.05, 0) is 49.9 Å². The lowest BCUT2D eigenvalue weighted by molar-refractivity contribution is -0.932. The molecule has 4 nitrogen and oxygen atoms in total. The van der Waals surface area contributed by atoms with E-state index in [1.807, 2.05) is 24.3 Å². The highest BCUT2D eigenvalue weighted by Gasteiger charge is 2.26. The first-order valence-corrected chi connectivity index (χ1v) is 6.86. The fourth-order valence-electron chi connectivity index (χ4n) is 2.88. The zero-order valence-corrected chi connectivity index (χ0v) is 11.4. The van der Waals surface area contributed by atoms with Crippen molar-refractivity contribution in [2.75, 3.05) is 13.7 Å². The Bertz CT molecular complexity index is 410. The Morgan fingerprint density at radius 1 is 1.32 bits per heavy atom. The van der Waals surface area contributed by atoms with E-state index in [1.165, 1.54) is 12.8 Å². The molecule has 0 bridgehead atoms. The minimum absolute atomic E-state index is 0.0939. The average Bonchev–Trinajstić information content (AvgIpc) is 2.92. The van der Waals surface area contributed by atoms with Crippen LogP contribution >= 0.6 is 0 Å². The van der Waals surface area contributed by atoms with Crippen molar-refractivity contribution in [2.45, 2.75) is 38.3 Å². The Morgan fingerprint density at radius 2 is 1.95 bits per heavy atom. The zero-order chi connectivity index (χ0) is 13.7. The zero-order valence-electron chi connectivity index (χ0n) is 11.4. The number of hydrogen-bond donors (Lipinski definition) is 1. The number of aliphatic carboxylic acids is 1. The highest BCUT2D eigenvalue weighted by Crippen LogP contribution is 2.16. The third-order valence-electron chi connectivity index (χ3n) is 3.89. The molecule has 2 rings (SSSR count). The molecule has 1 aromatic carbocycles. The molecule has 0 spiro atoms. The maximum Gasteiger partial charge on any atom is 0.118 e. The molecule has 0 aliphatic heterocycles. The second-order valence-corrected chi connectivity index (χ2v) is 5.21. The van der Waals surface area contributed by atoms with Crippen LogP contribution in [0.25, 0.3) is 0 Å². The summed E-state index contributed by atoms with van der Waals surface area (Å²) < 4.78 is 5.13. The highest BCUT2D eigenvalue weighted by molar-refractivity contribution is 5.65. The summed E-state index contributed by atoms with van der Waals surface area (Å²) in [7, 11) is 1.64. The summed E-state index contributed by atoms with van der Waals surface area (Å²) in [5.41, 5.74) is 1.14. The predicted molar refractivity (Wildman–Crippen MR) is 69.8 cm³/mol. The van der Waals surface area contributed by atoms with Crippen molar-refractivity contribution in [1.29, 1.82) is 0 Å². The molecule has 1 aliphatic carbocycles. The fourth-order valence-corrected chi connectivity index (χ4v) is 2.88. The third-order valence-corrected chi connectivity index (χ3v) is 3.89. The van der Waals surface area contributed by atoms with Crippen molar-refractivity contribution >= 4 is 5.97 Å². The Kier molecular flexibility index (Phi) is 4.80. The van der Waals surface area contributed by atoms with E-state index in [0.29, 0.717) is 6.04 Å². The minimum atomic E-state index is -0.963. The monoisotopic (exact) mass is 263 g/mol. The number of ether oxygens (including phenoxy) is 1. The van der Waals surface area contributed by atoms with E-state index in [0.717, 1.165) is 35.6 Å². The van der Waals surface area contributed by atoms with Gasteiger partial charge in [0.1, 0.15) is 18.8 Å². The van der Waals surface area contributed by atoms with E-state index in [1.54, 1.807) is 7.11 Å². The van der Waals surface area contributed by atoms with Gasteiger partial charge in [-0.2, -0.15) is 0 Å². The molecule has 104 valence electrons. The molecule has 0 aromatic heterocycles. The van der Waals surface area contributed by atoms with Gasteiger partial charge in [-0.25, -0.2) is 0 Å². The van der Waals surface area contributed by atoms with Gasteiger partial charge in [0.2, 0.25) is 0 Å². The number of benzene rings is 1. The topological polar surface area (TPSA) is 53.8 Å². The molecule has 4 heteroatoms. The van der Waals surface area contributed by atoms with Crippen LogP contribution in [0.2, 0.25) is 0 Å². The van der Waals surface area contributed by atoms with Crippen LogP contribution in [0.5, 0.6) is 5.75 Å². The van der Waals surface area contributed by atoms with E-state index < -0.39 is 5.97 Å². The van der Waals surface area contributed by atoms with Crippen molar-refractivity contribution < 1.29 is 19.5 Å². The standard InChI is InChI=1S/C15H21NO3/c1-19-14-8-6-12(7-9-14)10-16(11-15(17)18)13-4-2-3-5-13/h6-9,13H,2-5,10-11H2,1H3,(H,17,18). The summed E-state index contributed by atoms with van der Waals surface area (Å²) in [6.07, 6.45) is 4.67. The lowest BCUT2D eigenvalue weighted by Crippen LogP contribution is -3.15. The van der Waals surface area contributed by atoms with Gasteiger partial charge in [0, 0.05) is 5.56 Å². The van der Waals surface area contributed by atoms with Crippen molar-refractivity contribution in [1.82, 2.24) is 0 Å². The molecule has 19 heavy (non-hydrogen) atoms. The molecule has 1 aliphatic rings. The van der Waals surface area contributed by atoms with Gasteiger partial charge in [0.15, 0.2) is 0 Å². The van der Waals surface area contributed by atoms with Gasteiger partial charge in [-0.1, -0.05) is 0 Å². The molecule has 1 N–H and O–H groups in total. The van der Waals surface area contributed by atoms with Crippen molar-refractivity contribution in [3.63, 3.8) is 0 Å². The van der Waals surface area contributed by atoms with E-state index in [4.69, 9.17) is 4.74 Å². The lowest BCUT2D eigenvalue weighted by atomic mass is 10.1. The van der Waals surface area contributed by atoms with Crippen LogP contribution in [0.1, 0.15) is 31.2 Å². The first-order valence-electron chi connectivity index (χ1n) is 6.86. The van der Waals surface area contributed by atoms with Gasteiger partial charge < -0.3 is 19.5 Å². The van der Waals surface area contributed by atoms with Crippen LogP contribution < -0.4 is 14.7 Å². The number of quaternary nitrogens is 1. The SMILES string of the molecule is COc1ccc(C[NH+](CC(=O)[O-])C2CCCC2)cc1. The molecular formula is C15H21NO3. The van der Waals surface area contributed by atoms with Gasteiger partial charge in [0.25, 0.3) is 0 Å². The molecule has 1 saturated carbocycles. The Hall–Kier alpha value is -1.55. The van der Waals surface area contributed by atoms with E-state index in [2.05, 4.69) is 0 Å². The van der Waals surface area contributed by atoms with E-state index in [9.17, 15) is 9.90 Å². The summed E-state index contributed by atoms with van der Waals surface area (Å²) >= 11 is 0. The fraction of sp³-hybridized carbons (Fsp3) is 0.533. The summed E-state index contributed by atoms with van der Waals surface area (Å²) in [6, 6.07) is 8.30. The number of carbonyl (C=O) groups is 1. The second-order valence-electron chi connectivity index (χ2n) is 5.21. The van der Waals surface area contributed by atoms with Gasteiger partial charge in [-0.3, -0.25) is 0 Å². The Morgan fingerprint density at radius 3 is 2.47 bits per heavy atom. The predicted octanol–water partition coefficient (Wildman–Crippen LogP) is -0.227. The smallest absolute Gasteiger partial charge is 0.118 e. The number of carboxylic acids is 1. The van der Waals surface area contributed by atoms with Gasteiger partial charge in [0.05, 0.1) is 19.1 Å². The highest BCUT2D eigenvalue weighted by atomic mass is 16.5. The third kappa shape index (κ3) is 3.96. The molecule has 0 heterocycles. The number of methoxy groups -OCH3 is 1. The van der Waals surface area contributed by atoms with Gasteiger partial charge in [-0.15, -0.1) is 0 Å². The molecule has 1 fully saturated rings. The number of carboxylic acid groups (broad SMARTS) is 1. The van der Waals surface area contributed by atoms with Crippen LogP contribution in [-0.4, -0.2) is 25.7 Å². The molecule has 0 amide bonds. The molecule has 0 radical (unpaired) electrons. The van der Waals surface area contributed by atoms with Crippen molar-refractivity contribution in [2.24, 2.45) is 0 Å². The Balaban J connectivity index is 2.03. The number of rotatable bonds is 6. The van der Waals surface area contributed by atoms with Gasteiger partial charge >= 0.3 is 0 Å². The molecular weight excluding hydrogens is 242 g/mol. The molecule has 1 aromatic rings. The maximum absolute atomic E-state index is 10.9. The number of hydrogen-bond acceptors (Lipinski definition) is 3. The Labute approximate surface area is 114 Å². The van der Waals surface area contributed by atoms with Crippen LogP contribution in [0.15, 0.2) is 24.3 Å². The summed E-state index contributed by atoms with van der Waals surface area (Å²) in [5.74, 6) is -0.138. The number of nitrogens with one attached hydrogen (secondary N) is 1. The quantitative estimate of drug-likeness (QED) is 0.771. The summed E-state index contributed by atoms with van der Waals surface area (Å²) in [6.45, 7) is 0.833. The average molecular weight is 263 g/mol. The molecule has 1 atom stereocenters. The second kappa shape index (κ2) is 6.57. The minimum Gasteiger partial charge on any atom is -0.544 e. The van der Waals surface area contributed by atoms with Crippen molar-refractivity contribution in [3.8, 4) is 5.75 Å². The summed E-state index contributed by atoms with van der Waals surface area (Å²) in [5, 5.41) is 10.9. The van der Waals surface area contributed by atoms with Crippen LogP contribution in [0.4, 0.5) is 0 Å². The van der Waals surface area contributed by atoms with Crippen molar-refractivity contribution in [3.05, 3.63) is 29.8 Å². The first-order chi connectivity index (χ1) is 9.19. The summed E-state index contributed by atoms with van der Waals surface area (Å²) in [4.78, 5) is 12.0. The number of carbonyl (C=O) groups excluding carboxylic acids is 1. The largest absolute Gasteiger partial charge is 0.544 e. The maximum atomic E-state index is 10.9. The first kappa shape index (κ1) is 13.9. The lowest BCUT2D eigenvalue weighted by Gasteiger charge is -2.26.